The van der Waals surface area contributed by atoms with Crippen LogP contribution in [0.25, 0.3) is 0 Å². The van der Waals surface area contributed by atoms with Gasteiger partial charge in [-0.25, -0.2) is 9.59 Å². The maximum atomic E-state index is 10.2. The molecule has 0 spiro atoms. The molecule has 8 nitrogen and oxygen atoms in total. The zero-order valence-electron chi connectivity index (χ0n) is 17.9. The summed E-state index contributed by atoms with van der Waals surface area (Å²) in [6, 6.07) is 16.6. The van der Waals surface area contributed by atoms with Crippen LogP contribution in [0.4, 0.5) is 0 Å². The highest BCUT2D eigenvalue weighted by Gasteiger charge is 1.99. The molecule has 2 aromatic rings. The van der Waals surface area contributed by atoms with E-state index in [0.717, 1.165) is 38.5 Å². The highest BCUT2D eigenvalue weighted by molar-refractivity contribution is 5.87. The number of aliphatic carboxylic acids is 2. The molecule has 4 N–H and O–H groups in total. The van der Waals surface area contributed by atoms with Crippen molar-refractivity contribution in [1.29, 1.82) is 0 Å². The Morgan fingerprint density at radius 1 is 0.469 bits per heavy atom. The molecule has 8 heteroatoms. The molecule has 0 bridgehead atoms. The van der Waals surface area contributed by atoms with Gasteiger partial charge >= 0.3 is 23.9 Å². The summed E-state index contributed by atoms with van der Waals surface area (Å²) in [6.45, 7) is 0. The van der Waals surface area contributed by atoms with E-state index in [-0.39, 0.29) is 12.8 Å². The fourth-order valence-corrected chi connectivity index (χ4v) is 2.42. The number of carboxylic acid groups (broad SMARTS) is 4. The van der Waals surface area contributed by atoms with Crippen molar-refractivity contribution in [3.05, 3.63) is 71.8 Å². The number of carbonyl (C=O) groups is 4. The molecule has 0 unspecified atom stereocenters. The van der Waals surface area contributed by atoms with Crippen molar-refractivity contribution in [2.75, 3.05) is 0 Å². The van der Waals surface area contributed by atoms with Crippen molar-refractivity contribution in [2.24, 2.45) is 0 Å². The van der Waals surface area contributed by atoms with Crippen molar-refractivity contribution in [2.45, 2.75) is 51.4 Å². The van der Waals surface area contributed by atoms with Crippen molar-refractivity contribution in [3.8, 4) is 0 Å². The van der Waals surface area contributed by atoms with E-state index in [1.54, 1.807) is 60.7 Å². The molecule has 0 radical (unpaired) electrons. The van der Waals surface area contributed by atoms with Gasteiger partial charge in [-0.05, 0) is 37.1 Å². The molecule has 32 heavy (non-hydrogen) atoms. The predicted octanol–water partition coefficient (Wildman–Crippen LogP) is 5.05. The maximum Gasteiger partial charge on any atom is 0.335 e. The molecule has 0 aromatic heterocycles. The van der Waals surface area contributed by atoms with Crippen LogP contribution in [0, 0.1) is 0 Å². The lowest BCUT2D eigenvalue weighted by Gasteiger charge is -1.98. The topological polar surface area (TPSA) is 149 Å². The summed E-state index contributed by atoms with van der Waals surface area (Å²) in [5.74, 6) is -3.24. The Balaban J connectivity index is 0.000000466. The minimum Gasteiger partial charge on any atom is -0.481 e. The van der Waals surface area contributed by atoms with E-state index in [4.69, 9.17) is 20.4 Å². The molecular formula is C24H30O8. The predicted molar refractivity (Wildman–Crippen MR) is 119 cm³/mol. The molecule has 0 aliphatic carbocycles. The second-order valence-corrected chi connectivity index (χ2v) is 6.75. The van der Waals surface area contributed by atoms with Crippen LogP contribution in [0.5, 0.6) is 0 Å². The summed E-state index contributed by atoms with van der Waals surface area (Å²) in [5.41, 5.74) is 0.662. The van der Waals surface area contributed by atoms with Gasteiger partial charge in [0.2, 0.25) is 0 Å². The van der Waals surface area contributed by atoms with E-state index in [1.165, 1.54) is 0 Å². The Morgan fingerprint density at radius 2 is 0.750 bits per heavy atom. The second kappa shape index (κ2) is 18.1. The lowest BCUT2D eigenvalue weighted by molar-refractivity contribution is -0.138. The first-order valence-electron chi connectivity index (χ1n) is 10.2. The van der Waals surface area contributed by atoms with Crippen LogP contribution in [-0.2, 0) is 9.59 Å². The maximum absolute atomic E-state index is 10.2. The third kappa shape index (κ3) is 17.2. The molecular weight excluding hydrogens is 416 g/mol. The quantitative estimate of drug-likeness (QED) is 0.350. The van der Waals surface area contributed by atoms with Gasteiger partial charge in [-0.15, -0.1) is 0 Å². The minimum atomic E-state index is -0.879. The van der Waals surface area contributed by atoms with Crippen molar-refractivity contribution >= 4 is 23.9 Å². The van der Waals surface area contributed by atoms with Crippen LogP contribution < -0.4 is 0 Å². The minimum absolute atomic E-state index is 0.245. The standard InChI is InChI=1S/C10H18O4.2C7H6O2/c11-9(12)7-5-3-1-2-4-6-8-10(13)14;2*8-7(9)6-4-2-1-3-5-6/h1-8H2,(H,11,12)(H,13,14);2*1-5H,(H,8,9). The SMILES string of the molecule is O=C(O)CCCCCCCCC(=O)O.O=C(O)c1ccccc1.O=C(O)c1ccccc1. The molecule has 0 aliphatic heterocycles. The fraction of sp³-hybridized carbons (Fsp3) is 0.333. The molecule has 0 heterocycles. The molecule has 0 saturated carbocycles. The van der Waals surface area contributed by atoms with E-state index in [0.29, 0.717) is 11.1 Å². The molecule has 0 fully saturated rings. The second-order valence-electron chi connectivity index (χ2n) is 6.75. The van der Waals surface area contributed by atoms with Crippen LogP contribution in [0.15, 0.2) is 60.7 Å². The number of benzene rings is 2. The van der Waals surface area contributed by atoms with Crippen LogP contribution in [0.2, 0.25) is 0 Å². The first-order chi connectivity index (χ1) is 15.2. The third-order valence-corrected chi connectivity index (χ3v) is 4.07. The Kier molecular flexibility index (Phi) is 16.0. The summed E-state index contributed by atoms with van der Waals surface area (Å²) in [7, 11) is 0. The van der Waals surface area contributed by atoms with Gasteiger partial charge in [-0.2, -0.15) is 0 Å². The Bertz CT molecular complexity index is 734. The first-order valence-corrected chi connectivity index (χ1v) is 10.2. The molecule has 0 amide bonds. The van der Waals surface area contributed by atoms with E-state index in [2.05, 4.69) is 0 Å². The van der Waals surface area contributed by atoms with E-state index in [9.17, 15) is 19.2 Å². The van der Waals surface area contributed by atoms with Crippen LogP contribution in [0.3, 0.4) is 0 Å². The first kappa shape index (κ1) is 28.3. The highest BCUT2D eigenvalue weighted by Crippen LogP contribution is 2.08. The lowest BCUT2D eigenvalue weighted by Crippen LogP contribution is -1.94. The van der Waals surface area contributed by atoms with Gasteiger partial charge in [-0.3, -0.25) is 9.59 Å². The average Bonchev–Trinajstić information content (AvgIpc) is 2.77. The molecule has 0 atom stereocenters. The zero-order valence-corrected chi connectivity index (χ0v) is 17.9. The zero-order chi connectivity index (χ0) is 24.2. The van der Waals surface area contributed by atoms with Gasteiger partial charge < -0.3 is 20.4 Å². The van der Waals surface area contributed by atoms with Gasteiger partial charge in [0.05, 0.1) is 11.1 Å². The summed E-state index contributed by atoms with van der Waals surface area (Å²) in [4.78, 5) is 40.7. The number of rotatable bonds is 11. The lowest BCUT2D eigenvalue weighted by atomic mass is 10.1. The monoisotopic (exact) mass is 446 g/mol. The summed E-state index contributed by atoms with van der Waals surface area (Å²) < 4.78 is 0. The van der Waals surface area contributed by atoms with Gasteiger partial charge in [0.1, 0.15) is 0 Å². The van der Waals surface area contributed by atoms with Crippen LogP contribution in [-0.4, -0.2) is 44.3 Å². The van der Waals surface area contributed by atoms with E-state index in [1.807, 2.05) is 0 Å². The summed E-state index contributed by atoms with van der Waals surface area (Å²) >= 11 is 0. The van der Waals surface area contributed by atoms with Gasteiger partial charge in [0.15, 0.2) is 0 Å². The third-order valence-electron chi connectivity index (χ3n) is 4.07. The molecule has 0 aliphatic rings. The van der Waals surface area contributed by atoms with Gasteiger partial charge in [-0.1, -0.05) is 62.1 Å². The Labute approximate surface area is 187 Å². The van der Waals surface area contributed by atoms with E-state index >= 15 is 0 Å². The smallest absolute Gasteiger partial charge is 0.335 e. The van der Waals surface area contributed by atoms with Gasteiger partial charge in [0, 0.05) is 12.8 Å². The Morgan fingerprint density at radius 3 is 0.969 bits per heavy atom. The normalized spacial score (nSPS) is 9.38. The molecule has 2 aromatic carbocycles. The van der Waals surface area contributed by atoms with Crippen molar-refractivity contribution in [3.63, 3.8) is 0 Å². The van der Waals surface area contributed by atoms with Crippen LogP contribution in [0.1, 0.15) is 72.1 Å². The highest BCUT2D eigenvalue weighted by atomic mass is 16.4. The summed E-state index contributed by atoms with van der Waals surface area (Å²) in [6.07, 6.45) is 5.82. The van der Waals surface area contributed by atoms with Crippen molar-refractivity contribution in [1.82, 2.24) is 0 Å². The van der Waals surface area contributed by atoms with Gasteiger partial charge in [0.25, 0.3) is 0 Å². The molecule has 174 valence electrons. The number of hydrogen-bond donors (Lipinski definition) is 4. The van der Waals surface area contributed by atoms with Crippen molar-refractivity contribution < 1.29 is 39.6 Å². The average molecular weight is 446 g/mol. The fourth-order valence-electron chi connectivity index (χ4n) is 2.42. The van der Waals surface area contributed by atoms with Crippen LogP contribution >= 0.6 is 0 Å². The molecule has 0 saturated heterocycles. The Hall–Kier alpha value is -3.68. The number of unbranched alkanes of at least 4 members (excludes halogenated alkanes) is 5. The number of carboxylic acids is 4. The largest absolute Gasteiger partial charge is 0.481 e. The number of aromatic carboxylic acids is 2. The molecule has 2 rings (SSSR count). The number of hydrogen-bond acceptors (Lipinski definition) is 4. The summed E-state index contributed by atoms with van der Waals surface area (Å²) in [5, 5.41) is 33.5. The van der Waals surface area contributed by atoms with E-state index < -0.39 is 23.9 Å².